The van der Waals surface area contributed by atoms with Gasteiger partial charge in [0, 0.05) is 28.9 Å². The Morgan fingerprint density at radius 3 is 2.44 bits per heavy atom. The van der Waals surface area contributed by atoms with Crippen molar-refractivity contribution in [3.63, 3.8) is 0 Å². The van der Waals surface area contributed by atoms with Crippen LogP contribution < -0.4 is 5.32 Å². The van der Waals surface area contributed by atoms with Gasteiger partial charge in [-0.3, -0.25) is 9.59 Å². The maximum Gasteiger partial charge on any atom is 0.311 e. The molecule has 2 N–H and O–H groups in total. The van der Waals surface area contributed by atoms with E-state index in [1.165, 1.54) is 4.88 Å². The van der Waals surface area contributed by atoms with Gasteiger partial charge in [-0.15, -0.1) is 11.3 Å². The van der Waals surface area contributed by atoms with E-state index in [-0.39, 0.29) is 11.8 Å². The van der Waals surface area contributed by atoms with E-state index in [0.29, 0.717) is 18.0 Å². The molecule has 34 heavy (non-hydrogen) atoms. The fraction of sp³-hybridized carbons (Fsp3) is 0.519. The maximum absolute atomic E-state index is 13.2. The topological polar surface area (TPSA) is 84.2 Å². The van der Waals surface area contributed by atoms with Crippen molar-refractivity contribution in [3.8, 4) is 0 Å². The van der Waals surface area contributed by atoms with Crippen molar-refractivity contribution in [2.24, 2.45) is 11.3 Å². The molecule has 0 aliphatic heterocycles. The standard InChI is InChI=1S/C27H37N3O3S/c1-7-19(8-2)30-22-12-11-18(15-21(22)28-24(30)16-20-10-9-13-34-20)25(31)29-23(14-17(3)4)27(5,6)26(32)33/h9-13,15,17,19,23H,7-8,14,16H2,1-6H3,(H,29,31)(H,32,33). The van der Waals surface area contributed by atoms with Crippen LogP contribution in [-0.4, -0.2) is 32.6 Å². The maximum atomic E-state index is 13.2. The van der Waals surface area contributed by atoms with Crippen LogP contribution in [0.4, 0.5) is 0 Å². The van der Waals surface area contributed by atoms with E-state index >= 15 is 0 Å². The molecule has 0 aliphatic rings. The van der Waals surface area contributed by atoms with E-state index in [4.69, 9.17) is 4.98 Å². The molecular weight excluding hydrogens is 446 g/mol. The predicted molar refractivity (Wildman–Crippen MR) is 139 cm³/mol. The van der Waals surface area contributed by atoms with Gasteiger partial charge in [0.2, 0.25) is 0 Å². The molecule has 7 heteroatoms. The quantitative estimate of drug-likeness (QED) is 0.335. The molecule has 1 atom stereocenters. The SMILES string of the molecule is CCC(CC)n1c(Cc2cccs2)nc2cc(C(=O)NC(CC(C)C)C(C)(C)C(=O)O)ccc21. The number of carbonyl (C=O) groups excluding carboxylic acids is 1. The minimum absolute atomic E-state index is 0.252. The second-order valence-corrected chi connectivity index (χ2v) is 11.0. The molecule has 0 fully saturated rings. The number of nitrogens with zero attached hydrogens (tertiary/aromatic N) is 2. The number of nitrogens with one attached hydrogen (secondary N) is 1. The van der Waals surface area contributed by atoms with Gasteiger partial charge in [0.1, 0.15) is 5.82 Å². The number of carboxylic acids is 1. The summed E-state index contributed by atoms with van der Waals surface area (Å²) in [6, 6.07) is 9.68. The first-order valence-corrected chi connectivity index (χ1v) is 13.0. The van der Waals surface area contributed by atoms with Gasteiger partial charge >= 0.3 is 5.97 Å². The van der Waals surface area contributed by atoms with E-state index in [9.17, 15) is 14.7 Å². The zero-order valence-electron chi connectivity index (χ0n) is 21.1. The monoisotopic (exact) mass is 483 g/mol. The summed E-state index contributed by atoms with van der Waals surface area (Å²) in [5, 5.41) is 14.8. The molecule has 0 radical (unpaired) electrons. The fourth-order valence-corrected chi connectivity index (χ4v) is 5.14. The third-order valence-corrected chi connectivity index (χ3v) is 7.56. The molecule has 0 saturated heterocycles. The van der Waals surface area contributed by atoms with Gasteiger partial charge in [-0.25, -0.2) is 4.98 Å². The van der Waals surface area contributed by atoms with Crippen LogP contribution in [0.1, 0.15) is 87.9 Å². The number of imidazole rings is 1. The Hall–Kier alpha value is -2.67. The van der Waals surface area contributed by atoms with Gasteiger partial charge in [-0.1, -0.05) is 33.8 Å². The number of hydrogen-bond donors (Lipinski definition) is 2. The summed E-state index contributed by atoms with van der Waals surface area (Å²) in [4.78, 5) is 31.3. The summed E-state index contributed by atoms with van der Waals surface area (Å²) in [5.74, 6) is 0.0742. The highest BCUT2D eigenvalue weighted by atomic mass is 32.1. The van der Waals surface area contributed by atoms with E-state index in [1.807, 2.05) is 32.0 Å². The fourth-order valence-electron chi connectivity index (χ4n) is 4.44. The minimum atomic E-state index is -1.07. The summed E-state index contributed by atoms with van der Waals surface area (Å²) in [6.07, 6.45) is 3.35. The number of rotatable bonds is 11. The average Bonchev–Trinajstić information content (AvgIpc) is 3.41. The second kappa shape index (κ2) is 10.7. The smallest absolute Gasteiger partial charge is 0.311 e. The van der Waals surface area contributed by atoms with E-state index in [2.05, 4.69) is 41.2 Å². The van der Waals surface area contributed by atoms with Crippen LogP contribution >= 0.6 is 11.3 Å². The summed E-state index contributed by atoms with van der Waals surface area (Å²) < 4.78 is 2.33. The summed E-state index contributed by atoms with van der Waals surface area (Å²) in [7, 11) is 0. The molecule has 0 saturated carbocycles. The van der Waals surface area contributed by atoms with E-state index in [1.54, 1.807) is 25.2 Å². The van der Waals surface area contributed by atoms with Gasteiger partial charge in [-0.2, -0.15) is 0 Å². The molecular formula is C27H37N3O3S. The molecule has 0 spiro atoms. The molecule has 184 valence electrons. The van der Waals surface area contributed by atoms with Gasteiger partial charge < -0.3 is 15.0 Å². The molecule has 2 aromatic heterocycles. The number of fused-ring (bicyclic) bond motifs is 1. The molecule has 3 aromatic rings. The van der Waals surface area contributed by atoms with Crippen LogP contribution in [0.25, 0.3) is 11.0 Å². The first-order chi connectivity index (χ1) is 16.1. The lowest BCUT2D eigenvalue weighted by Crippen LogP contribution is -2.49. The Kier molecular flexibility index (Phi) is 8.18. The highest BCUT2D eigenvalue weighted by Crippen LogP contribution is 2.30. The Morgan fingerprint density at radius 2 is 1.88 bits per heavy atom. The number of aromatic nitrogens is 2. The first-order valence-electron chi connectivity index (χ1n) is 12.2. The van der Waals surface area contributed by atoms with Crippen molar-refractivity contribution in [1.82, 2.24) is 14.9 Å². The molecule has 1 amide bonds. The highest BCUT2D eigenvalue weighted by Gasteiger charge is 2.38. The summed E-state index contributed by atoms with van der Waals surface area (Å²) in [5.41, 5.74) is 1.25. The van der Waals surface area contributed by atoms with Crippen LogP contribution in [-0.2, 0) is 11.2 Å². The molecule has 3 rings (SSSR count). The number of carbonyl (C=O) groups is 2. The number of amides is 1. The lowest BCUT2D eigenvalue weighted by atomic mass is 9.80. The van der Waals surface area contributed by atoms with Gasteiger partial charge in [-0.05, 0) is 68.7 Å². The van der Waals surface area contributed by atoms with Crippen molar-refractivity contribution in [2.75, 3.05) is 0 Å². The number of carboxylic acid groups (broad SMARTS) is 1. The van der Waals surface area contributed by atoms with Crippen LogP contribution in [0.3, 0.4) is 0 Å². The molecule has 1 aromatic carbocycles. The second-order valence-electron chi connectivity index (χ2n) is 10.0. The van der Waals surface area contributed by atoms with Crippen LogP contribution in [0.15, 0.2) is 35.7 Å². The molecule has 2 heterocycles. The summed E-state index contributed by atoms with van der Waals surface area (Å²) in [6.45, 7) is 11.8. The molecule has 0 aliphatic carbocycles. The highest BCUT2D eigenvalue weighted by molar-refractivity contribution is 7.09. The van der Waals surface area contributed by atoms with Crippen molar-refractivity contribution in [1.29, 1.82) is 0 Å². The lowest BCUT2D eigenvalue weighted by Gasteiger charge is -2.32. The number of aliphatic carboxylic acids is 1. The van der Waals surface area contributed by atoms with Crippen molar-refractivity contribution in [2.45, 2.75) is 79.3 Å². The van der Waals surface area contributed by atoms with E-state index in [0.717, 1.165) is 36.1 Å². The zero-order valence-corrected chi connectivity index (χ0v) is 21.9. The molecule has 1 unspecified atom stereocenters. The zero-order chi connectivity index (χ0) is 25.0. The number of benzene rings is 1. The van der Waals surface area contributed by atoms with Crippen molar-refractivity contribution >= 4 is 34.2 Å². The Labute approximate surface area is 206 Å². The van der Waals surface area contributed by atoms with E-state index < -0.39 is 17.4 Å². The Morgan fingerprint density at radius 1 is 1.18 bits per heavy atom. The van der Waals surface area contributed by atoms with Crippen molar-refractivity contribution in [3.05, 3.63) is 52.0 Å². The summed E-state index contributed by atoms with van der Waals surface area (Å²) >= 11 is 1.72. The number of hydrogen-bond acceptors (Lipinski definition) is 4. The normalized spacial score (nSPS) is 13.1. The largest absolute Gasteiger partial charge is 0.481 e. The average molecular weight is 484 g/mol. The van der Waals surface area contributed by atoms with Gasteiger partial charge in [0.05, 0.1) is 16.4 Å². The minimum Gasteiger partial charge on any atom is -0.481 e. The van der Waals surface area contributed by atoms with Crippen molar-refractivity contribution < 1.29 is 14.7 Å². The third kappa shape index (κ3) is 5.52. The Bertz CT molecular complexity index is 1130. The third-order valence-electron chi connectivity index (χ3n) is 6.68. The van der Waals surface area contributed by atoms with Crippen LogP contribution in [0.2, 0.25) is 0 Å². The lowest BCUT2D eigenvalue weighted by molar-refractivity contribution is -0.148. The van der Waals surface area contributed by atoms with Gasteiger partial charge in [0.15, 0.2) is 0 Å². The molecule has 0 bridgehead atoms. The van der Waals surface area contributed by atoms with Gasteiger partial charge in [0.25, 0.3) is 5.91 Å². The number of thiophene rings is 1. The predicted octanol–water partition coefficient (Wildman–Crippen LogP) is 6.31. The Balaban J connectivity index is 1.97. The first kappa shape index (κ1) is 25.9. The molecule has 6 nitrogen and oxygen atoms in total. The van der Waals surface area contributed by atoms with Crippen LogP contribution in [0, 0.1) is 11.3 Å². The van der Waals surface area contributed by atoms with Crippen LogP contribution in [0.5, 0.6) is 0 Å².